The van der Waals surface area contributed by atoms with Crippen molar-refractivity contribution in [1.29, 1.82) is 0 Å². The maximum atomic E-state index is 13.4. The molecule has 0 amide bonds. The van der Waals surface area contributed by atoms with E-state index in [1.807, 2.05) is 31.6 Å². The highest BCUT2D eigenvalue weighted by Crippen LogP contribution is 2.48. The third-order valence-electron chi connectivity index (χ3n) is 9.13. The molecule has 2 saturated heterocycles. The second-order valence-corrected chi connectivity index (χ2v) is 14.2. The van der Waals surface area contributed by atoms with Crippen molar-refractivity contribution in [1.82, 2.24) is 9.88 Å². The number of thioether (sulfide) groups is 1. The van der Waals surface area contributed by atoms with E-state index < -0.39 is 35.6 Å². The van der Waals surface area contributed by atoms with Crippen LogP contribution in [0.3, 0.4) is 0 Å². The minimum Gasteiger partial charge on any atom is -0.458 e. The average Bonchev–Trinajstić information content (AvgIpc) is 3.21. The lowest BCUT2D eigenvalue weighted by atomic mass is 9.73. The molecule has 0 spiro atoms. The summed E-state index contributed by atoms with van der Waals surface area (Å²) in [7, 11) is 0. The normalized spacial score (nSPS) is 35.9. The van der Waals surface area contributed by atoms with Crippen molar-refractivity contribution >= 4 is 40.9 Å². The van der Waals surface area contributed by atoms with Crippen LogP contribution in [0.1, 0.15) is 85.8 Å². The quantitative estimate of drug-likeness (QED) is 0.209. The van der Waals surface area contributed by atoms with Gasteiger partial charge < -0.3 is 14.9 Å². The third kappa shape index (κ3) is 7.38. The van der Waals surface area contributed by atoms with Gasteiger partial charge in [-0.3, -0.25) is 14.5 Å². The number of aliphatic hydroxyl groups is 2. The van der Waals surface area contributed by atoms with Gasteiger partial charge >= 0.3 is 5.97 Å². The highest BCUT2D eigenvalue weighted by atomic mass is 32.2. The number of cyclic esters (lactones) is 1. The molecule has 40 heavy (non-hydrogen) atoms. The number of Topliss-reactive ketones (excluding diaryl/α,β-unsaturated/α-hetero) is 1. The van der Waals surface area contributed by atoms with Gasteiger partial charge in [-0.1, -0.05) is 45.9 Å². The lowest BCUT2D eigenvalue weighted by Crippen LogP contribution is -2.45. The van der Waals surface area contributed by atoms with Crippen LogP contribution in [0.15, 0.2) is 15.3 Å². The van der Waals surface area contributed by atoms with Crippen LogP contribution in [-0.2, 0) is 14.3 Å². The maximum Gasteiger partial charge on any atom is 0.309 e. The number of terminal acetylenes is 1. The predicted molar refractivity (Wildman–Crippen MR) is 162 cm³/mol. The van der Waals surface area contributed by atoms with E-state index in [9.17, 15) is 19.8 Å². The number of esters is 1. The van der Waals surface area contributed by atoms with Crippen LogP contribution < -0.4 is 0 Å². The molecule has 8 atom stereocenters. The van der Waals surface area contributed by atoms with E-state index in [1.54, 1.807) is 43.9 Å². The van der Waals surface area contributed by atoms with Crippen LogP contribution in [0.5, 0.6) is 0 Å². The fourth-order valence-electron chi connectivity index (χ4n) is 6.12. The number of thiazole rings is 1. The number of carbonyl (C=O) groups excluding carboxylic acids is 2. The molecule has 1 aromatic heterocycles. The minimum atomic E-state index is -1.24. The first kappa shape index (κ1) is 32.8. The number of hydrogen-bond acceptors (Lipinski definition) is 9. The summed E-state index contributed by atoms with van der Waals surface area (Å²) in [6, 6.07) is 0.175. The van der Waals surface area contributed by atoms with Crippen LogP contribution in [0.4, 0.5) is 0 Å². The fraction of sp³-hybridized carbons (Fsp3) is 0.710. The number of ketones is 1. The number of aliphatic hydroxyl groups excluding tert-OH is 2. The fourth-order valence-corrected chi connectivity index (χ4v) is 7.35. The molecular weight excluding hydrogens is 544 g/mol. The molecule has 1 unspecified atom stereocenters. The molecule has 2 fully saturated rings. The number of fused-ring (bicyclic) bond motifs is 1. The summed E-state index contributed by atoms with van der Waals surface area (Å²) in [5.74, 6) is 1.20. The summed E-state index contributed by atoms with van der Waals surface area (Å²) in [6.45, 7) is 11.9. The zero-order valence-corrected chi connectivity index (χ0v) is 26.6. The minimum absolute atomic E-state index is 0.0769. The molecule has 3 rings (SSSR count). The largest absolute Gasteiger partial charge is 0.458 e. The van der Waals surface area contributed by atoms with Crippen molar-refractivity contribution in [3.05, 3.63) is 16.6 Å². The summed E-state index contributed by atoms with van der Waals surface area (Å²) in [6.07, 6.45) is 10.5. The predicted octanol–water partition coefficient (Wildman–Crippen LogP) is 5.20. The Labute approximate surface area is 248 Å². The molecule has 0 radical (unpaired) electrons. The van der Waals surface area contributed by atoms with Gasteiger partial charge in [-0.2, -0.15) is 0 Å². The Hall–Kier alpha value is -1.70. The van der Waals surface area contributed by atoms with Gasteiger partial charge in [0.15, 0.2) is 0 Å². The van der Waals surface area contributed by atoms with Crippen molar-refractivity contribution in [2.45, 2.75) is 114 Å². The molecule has 0 bridgehead atoms. The summed E-state index contributed by atoms with van der Waals surface area (Å²) in [5.41, 5.74) is 0.394. The van der Waals surface area contributed by atoms with Crippen LogP contribution in [0.2, 0.25) is 0 Å². The highest BCUT2D eigenvalue weighted by molar-refractivity contribution is 8.00. The average molecular weight is 591 g/mol. The molecule has 9 heteroatoms. The Bertz CT molecular complexity index is 1130. The zero-order chi connectivity index (χ0) is 29.8. The Balaban J connectivity index is 1.94. The number of aromatic nitrogens is 1. The number of hydrogen-bond donors (Lipinski definition) is 2. The summed E-state index contributed by atoms with van der Waals surface area (Å²) in [4.78, 5) is 33.6. The molecule has 1 aromatic rings. The van der Waals surface area contributed by atoms with E-state index in [2.05, 4.69) is 22.7 Å². The molecule has 222 valence electrons. The number of carbonyl (C=O) groups is 2. The Morgan fingerprint density at radius 1 is 1.32 bits per heavy atom. The van der Waals surface area contributed by atoms with Crippen molar-refractivity contribution in [2.75, 3.05) is 12.8 Å². The Morgan fingerprint density at radius 3 is 2.65 bits per heavy atom. The van der Waals surface area contributed by atoms with E-state index in [0.717, 1.165) is 41.4 Å². The standard InChI is InChI=1S/C31H46N2O5S2/c1-9-10-14-33-24-16-23(20(3)15-22-18-40-29(32-22)39-8)38-26(35)17-25(34)30(5,6)28(37)21(4)27(36)19(2)12-11-13-31(24,33)7/h1,15,18-19,21,23-25,27,34,36H,10-14,16-17H2,2-8H3/b20-15+/t19-,21+,23-,24-,25-,27-,31+,33?/m0/s1. The Morgan fingerprint density at radius 2 is 2.02 bits per heavy atom. The number of rotatable bonds is 5. The van der Waals surface area contributed by atoms with E-state index in [-0.39, 0.29) is 29.7 Å². The number of ether oxygens (including phenoxy) is 1. The first-order chi connectivity index (χ1) is 18.8. The van der Waals surface area contributed by atoms with Crippen LogP contribution >= 0.6 is 23.1 Å². The van der Waals surface area contributed by atoms with Crippen LogP contribution in [-0.4, -0.2) is 74.5 Å². The van der Waals surface area contributed by atoms with Gasteiger partial charge in [0, 0.05) is 42.3 Å². The van der Waals surface area contributed by atoms with Gasteiger partial charge in [0.1, 0.15) is 16.2 Å². The van der Waals surface area contributed by atoms with Crippen molar-refractivity contribution in [2.24, 2.45) is 17.3 Å². The zero-order valence-electron chi connectivity index (χ0n) is 25.0. The second-order valence-electron chi connectivity index (χ2n) is 12.3. The molecule has 0 saturated carbocycles. The highest BCUT2D eigenvalue weighted by Gasteiger charge is 2.58. The van der Waals surface area contributed by atoms with Crippen molar-refractivity contribution < 1.29 is 24.5 Å². The molecule has 2 aliphatic heterocycles. The molecule has 7 nitrogen and oxygen atoms in total. The SMILES string of the molecule is C#CCCN1[C@H]2C[C@@H](/C(C)=C/c3csc(SC)n3)OC(=O)C[C@H](O)C(C)(C)C(=O)[C@H](C)[C@@H](O)[C@@H](C)CCC[C@]21C. The van der Waals surface area contributed by atoms with E-state index >= 15 is 0 Å². The molecule has 2 aliphatic rings. The monoisotopic (exact) mass is 590 g/mol. The summed E-state index contributed by atoms with van der Waals surface area (Å²) < 4.78 is 7.02. The molecule has 3 heterocycles. The topological polar surface area (TPSA) is 99.7 Å². The molecule has 0 aromatic carbocycles. The third-order valence-corrected chi connectivity index (χ3v) is 11.0. The van der Waals surface area contributed by atoms with Crippen LogP contribution in [0, 0.1) is 29.6 Å². The molecular formula is C31H46N2O5S2. The van der Waals surface area contributed by atoms with Gasteiger partial charge in [0.2, 0.25) is 0 Å². The number of nitrogens with zero attached hydrogens (tertiary/aromatic N) is 2. The first-order valence-electron chi connectivity index (χ1n) is 14.2. The molecule has 2 N–H and O–H groups in total. The van der Waals surface area contributed by atoms with E-state index in [4.69, 9.17) is 11.2 Å². The molecule has 0 aliphatic carbocycles. The smallest absolute Gasteiger partial charge is 0.309 e. The van der Waals surface area contributed by atoms with E-state index in [1.165, 1.54) is 0 Å². The van der Waals surface area contributed by atoms with Crippen molar-refractivity contribution in [3.63, 3.8) is 0 Å². The van der Waals surface area contributed by atoms with Gasteiger partial charge in [-0.25, -0.2) is 4.98 Å². The van der Waals surface area contributed by atoms with Crippen molar-refractivity contribution in [3.8, 4) is 12.3 Å². The van der Waals surface area contributed by atoms with Gasteiger partial charge in [0.25, 0.3) is 0 Å². The lowest BCUT2D eigenvalue weighted by Gasteiger charge is -2.34. The second kappa shape index (κ2) is 13.5. The van der Waals surface area contributed by atoms with E-state index in [0.29, 0.717) is 12.8 Å². The van der Waals surface area contributed by atoms with Gasteiger partial charge in [-0.15, -0.1) is 23.7 Å². The first-order valence-corrected chi connectivity index (χ1v) is 16.3. The maximum absolute atomic E-state index is 13.4. The summed E-state index contributed by atoms with van der Waals surface area (Å²) in [5, 5.41) is 24.0. The van der Waals surface area contributed by atoms with Gasteiger partial charge in [-0.05, 0) is 50.5 Å². The lowest BCUT2D eigenvalue weighted by molar-refractivity contribution is -0.154. The van der Waals surface area contributed by atoms with Gasteiger partial charge in [0.05, 0.1) is 29.7 Å². The summed E-state index contributed by atoms with van der Waals surface area (Å²) >= 11 is 3.16. The Kier molecular flexibility index (Phi) is 11.1. The van der Waals surface area contributed by atoms with Crippen LogP contribution in [0.25, 0.3) is 6.08 Å².